The summed E-state index contributed by atoms with van der Waals surface area (Å²) in [5.41, 5.74) is 9.69. The maximum absolute atomic E-state index is 6.27. The van der Waals surface area contributed by atoms with Crippen LogP contribution in [-0.2, 0) is 15.9 Å². The third-order valence-corrected chi connectivity index (χ3v) is 3.31. The smallest absolute Gasteiger partial charge is 0.0803 e. The van der Waals surface area contributed by atoms with Gasteiger partial charge in [0.2, 0.25) is 0 Å². The van der Waals surface area contributed by atoms with E-state index in [1.807, 2.05) is 53.7 Å². The van der Waals surface area contributed by atoms with Crippen molar-refractivity contribution in [2.24, 2.45) is 0 Å². The number of benzene rings is 1. The molecular weight excluding hydrogens is 227 g/mol. The summed E-state index contributed by atoms with van der Waals surface area (Å²) < 4.78 is 0. The van der Waals surface area contributed by atoms with Gasteiger partial charge in [0.15, 0.2) is 0 Å². The monoisotopic (exact) mass is 249 g/mol. The first kappa shape index (κ1) is 16.3. The standard InChI is InChI=1S/C15H22B3N/c1-13(2,16)9-7-10(14(3,4)17)12(19)11(8-9)15(5,6)18/h7-8H,19H2,1-6H3. The molecule has 0 fully saturated rings. The van der Waals surface area contributed by atoms with Gasteiger partial charge in [-0.3, -0.25) is 0 Å². The van der Waals surface area contributed by atoms with Crippen LogP contribution in [0.5, 0.6) is 0 Å². The summed E-state index contributed by atoms with van der Waals surface area (Å²) in [5, 5.41) is -1.54. The zero-order valence-corrected chi connectivity index (χ0v) is 13.0. The highest BCUT2D eigenvalue weighted by Gasteiger charge is 2.27. The Kier molecular flexibility index (Phi) is 3.98. The molecule has 0 unspecified atom stereocenters. The second-order valence-corrected chi connectivity index (χ2v) is 7.15. The molecule has 0 aliphatic carbocycles. The van der Waals surface area contributed by atoms with Crippen molar-refractivity contribution in [1.29, 1.82) is 0 Å². The molecule has 1 rings (SSSR count). The number of nitrogen functional groups attached to an aromatic ring is 1. The second-order valence-electron chi connectivity index (χ2n) is 7.15. The highest BCUT2D eigenvalue weighted by Crippen LogP contribution is 2.37. The Bertz CT molecular complexity index is 439. The van der Waals surface area contributed by atoms with Gasteiger partial charge in [0.25, 0.3) is 0 Å². The average molecular weight is 249 g/mol. The minimum atomic E-state index is -0.536. The van der Waals surface area contributed by atoms with Gasteiger partial charge < -0.3 is 5.73 Å². The van der Waals surface area contributed by atoms with Crippen LogP contribution in [0.25, 0.3) is 0 Å². The molecule has 0 atom stereocenters. The van der Waals surface area contributed by atoms with Crippen molar-refractivity contribution in [1.82, 2.24) is 0 Å². The molecule has 0 bridgehead atoms. The van der Waals surface area contributed by atoms with Crippen LogP contribution in [0.4, 0.5) is 5.69 Å². The van der Waals surface area contributed by atoms with Crippen molar-refractivity contribution in [3.63, 3.8) is 0 Å². The first-order valence-corrected chi connectivity index (χ1v) is 6.56. The lowest BCUT2D eigenvalue weighted by atomic mass is 9.59. The highest BCUT2D eigenvalue weighted by atomic mass is 14.6. The van der Waals surface area contributed by atoms with Crippen molar-refractivity contribution in [2.75, 3.05) is 5.73 Å². The maximum Gasteiger partial charge on any atom is 0.0803 e. The Morgan fingerprint density at radius 1 is 0.737 bits per heavy atom. The molecule has 0 saturated carbocycles. The van der Waals surface area contributed by atoms with Crippen LogP contribution in [0.1, 0.15) is 58.2 Å². The van der Waals surface area contributed by atoms with E-state index in [9.17, 15) is 0 Å². The first-order chi connectivity index (χ1) is 8.24. The molecule has 0 saturated heterocycles. The summed E-state index contributed by atoms with van der Waals surface area (Å²) in [6.45, 7) is 11.6. The molecule has 96 valence electrons. The molecular formula is C15H22B3N. The van der Waals surface area contributed by atoms with E-state index in [-0.39, 0.29) is 0 Å². The maximum atomic E-state index is 6.27. The molecule has 0 heterocycles. The summed E-state index contributed by atoms with van der Waals surface area (Å²) in [4.78, 5) is 0. The van der Waals surface area contributed by atoms with Crippen molar-refractivity contribution in [3.05, 3.63) is 28.8 Å². The van der Waals surface area contributed by atoms with Gasteiger partial charge in [-0.2, -0.15) is 0 Å². The normalized spacial score (nSPS) is 13.6. The van der Waals surface area contributed by atoms with E-state index >= 15 is 0 Å². The predicted octanol–water partition coefficient (Wildman–Crippen LogP) is 2.48. The molecule has 0 aliphatic rings. The summed E-state index contributed by atoms with van der Waals surface area (Å²) in [5.74, 6) is 0. The SMILES string of the molecule is [B]C(C)(C)c1cc(C([B])(C)C)c(N)c(C([B])(C)C)c1. The Hall–Kier alpha value is -0.785. The van der Waals surface area contributed by atoms with Gasteiger partial charge in [0, 0.05) is 5.69 Å². The minimum absolute atomic E-state index is 0.465. The number of hydrogen-bond acceptors (Lipinski definition) is 1. The molecule has 4 heteroatoms. The van der Waals surface area contributed by atoms with E-state index < -0.39 is 15.9 Å². The number of nitrogens with two attached hydrogens (primary N) is 1. The lowest BCUT2D eigenvalue weighted by Gasteiger charge is -2.32. The summed E-state index contributed by atoms with van der Waals surface area (Å²) >= 11 is 0. The van der Waals surface area contributed by atoms with E-state index in [1.165, 1.54) is 0 Å². The van der Waals surface area contributed by atoms with Gasteiger partial charge >= 0.3 is 0 Å². The van der Waals surface area contributed by atoms with Crippen molar-refractivity contribution < 1.29 is 0 Å². The zero-order valence-electron chi connectivity index (χ0n) is 13.0. The van der Waals surface area contributed by atoms with Crippen molar-refractivity contribution in [3.8, 4) is 0 Å². The molecule has 0 aliphatic heterocycles. The predicted molar refractivity (Wildman–Crippen MR) is 87.2 cm³/mol. The van der Waals surface area contributed by atoms with E-state index in [0.29, 0.717) is 5.69 Å². The second kappa shape index (κ2) is 4.65. The van der Waals surface area contributed by atoms with E-state index in [2.05, 4.69) is 0 Å². The zero-order chi connectivity index (χ0) is 15.2. The molecule has 0 spiro atoms. The molecule has 0 aromatic heterocycles. The molecule has 19 heavy (non-hydrogen) atoms. The minimum Gasteiger partial charge on any atom is -0.398 e. The van der Waals surface area contributed by atoms with Gasteiger partial charge in [-0.1, -0.05) is 59.2 Å². The first-order valence-electron chi connectivity index (χ1n) is 6.56. The molecule has 2 N–H and O–H groups in total. The van der Waals surface area contributed by atoms with Crippen LogP contribution in [0, 0.1) is 0 Å². The van der Waals surface area contributed by atoms with Gasteiger partial charge in [-0.25, -0.2) is 0 Å². The average Bonchev–Trinajstić information content (AvgIpc) is 2.11. The number of hydrogen-bond donors (Lipinski definition) is 1. The fourth-order valence-electron chi connectivity index (χ4n) is 2.09. The number of rotatable bonds is 3. The van der Waals surface area contributed by atoms with Crippen LogP contribution in [-0.4, -0.2) is 23.5 Å². The molecule has 1 aromatic carbocycles. The van der Waals surface area contributed by atoms with Crippen LogP contribution in [0.2, 0.25) is 0 Å². The van der Waals surface area contributed by atoms with Crippen molar-refractivity contribution in [2.45, 2.75) is 57.5 Å². The lowest BCUT2D eigenvalue weighted by Crippen LogP contribution is -2.27. The summed E-state index contributed by atoms with van der Waals surface area (Å²) in [7, 11) is 18.6. The van der Waals surface area contributed by atoms with Crippen LogP contribution in [0.3, 0.4) is 0 Å². The Morgan fingerprint density at radius 3 is 1.26 bits per heavy atom. The van der Waals surface area contributed by atoms with Crippen LogP contribution >= 0.6 is 0 Å². The van der Waals surface area contributed by atoms with Gasteiger partial charge in [0.1, 0.15) is 0 Å². The van der Waals surface area contributed by atoms with E-state index in [1.54, 1.807) is 0 Å². The van der Waals surface area contributed by atoms with Crippen LogP contribution < -0.4 is 5.73 Å². The third kappa shape index (κ3) is 3.61. The molecule has 0 amide bonds. The Labute approximate surface area is 122 Å². The lowest BCUT2D eigenvalue weighted by molar-refractivity contribution is 0.713. The van der Waals surface area contributed by atoms with Gasteiger partial charge in [-0.05, 0) is 27.1 Å². The number of anilines is 1. The van der Waals surface area contributed by atoms with Crippen molar-refractivity contribution >= 4 is 29.2 Å². The topological polar surface area (TPSA) is 26.0 Å². The van der Waals surface area contributed by atoms with E-state index in [4.69, 9.17) is 29.3 Å². The van der Waals surface area contributed by atoms with E-state index in [0.717, 1.165) is 16.7 Å². The van der Waals surface area contributed by atoms with Crippen LogP contribution in [0.15, 0.2) is 12.1 Å². The summed E-state index contributed by atoms with van der Waals surface area (Å²) in [6, 6.07) is 3.98. The molecule has 6 radical (unpaired) electrons. The third-order valence-electron chi connectivity index (χ3n) is 3.31. The summed E-state index contributed by atoms with van der Waals surface area (Å²) in [6.07, 6.45) is 0. The highest BCUT2D eigenvalue weighted by molar-refractivity contribution is 6.18. The Morgan fingerprint density at radius 2 is 1.05 bits per heavy atom. The molecule has 1 aromatic rings. The largest absolute Gasteiger partial charge is 0.398 e. The fraction of sp³-hybridized carbons (Fsp3) is 0.600. The quantitative estimate of drug-likeness (QED) is 0.646. The van der Waals surface area contributed by atoms with Gasteiger partial charge in [0.05, 0.1) is 23.5 Å². The van der Waals surface area contributed by atoms with Gasteiger partial charge in [-0.15, -0.1) is 0 Å². The Balaban J connectivity index is 3.68. The molecule has 1 nitrogen and oxygen atoms in total. The fourth-order valence-corrected chi connectivity index (χ4v) is 2.09.